The lowest BCUT2D eigenvalue weighted by Gasteiger charge is -2.08. The summed E-state index contributed by atoms with van der Waals surface area (Å²) in [4.78, 5) is 14.8. The highest BCUT2D eigenvalue weighted by atomic mass is 79.9. The minimum Gasteiger partial charge on any atom is -0.477 e. The van der Waals surface area contributed by atoms with E-state index in [4.69, 9.17) is 9.84 Å². The van der Waals surface area contributed by atoms with Gasteiger partial charge in [-0.1, -0.05) is 12.1 Å². The number of aromatic carboxylic acids is 1. The minimum atomic E-state index is -1.20. The second kappa shape index (κ2) is 5.14. The van der Waals surface area contributed by atoms with Crippen molar-refractivity contribution in [2.24, 2.45) is 0 Å². The van der Waals surface area contributed by atoms with E-state index in [0.29, 0.717) is 4.47 Å². The van der Waals surface area contributed by atoms with Gasteiger partial charge >= 0.3 is 5.97 Å². The molecule has 0 saturated heterocycles. The van der Waals surface area contributed by atoms with Crippen LogP contribution in [0.15, 0.2) is 41.0 Å². The second-order valence-electron chi connectivity index (χ2n) is 3.34. The van der Waals surface area contributed by atoms with Gasteiger partial charge in [-0.25, -0.2) is 14.2 Å². The van der Waals surface area contributed by atoms with Gasteiger partial charge in [-0.15, -0.1) is 0 Å². The molecule has 18 heavy (non-hydrogen) atoms. The van der Waals surface area contributed by atoms with E-state index in [1.54, 1.807) is 6.07 Å². The van der Waals surface area contributed by atoms with E-state index in [2.05, 4.69) is 20.9 Å². The van der Waals surface area contributed by atoms with Crippen LogP contribution >= 0.6 is 15.9 Å². The molecule has 0 aliphatic carbocycles. The van der Waals surface area contributed by atoms with Crippen molar-refractivity contribution in [3.8, 4) is 11.6 Å². The quantitative estimate of drug-likeness (QED) is 0.943. The van der Waals surface area contributed by atoms with Crippen molar-refractivity contribution in [1.29, 1.82) is 0 Å². The molecule has 4 nitrogen and oxygen atoms in total. The zero-order valence-electron chi connectivity index (χ0n) is 8.93. The summed E-state index contributed by atoms with van der Waals surface area (Å²) in [5.41, 5.74) is -0.146. The molecule has 0 aliphatic heterocycles. The van der Waals surface area contributed by atoms with Crippen LogP contribution < -0.4 is 4.74 Å². The summed E-state index contributed by atoms with van der Waals surface area (Å²) < 4.78 is 19.0. The maximum atomic E-state index is 13.4. The number of carbonyl (C=O) groups is 1. The van der Waals surface area contributed by atoms with Crippen molar-refractivity contribution in [3.63, 3.8) is 0 Å². The number of pyridine rings is 1. The van der Waals surface area contributed by atoms with Crippen molar-refractivity contribution in [2.75, 3.05) is 0 Å². The maximum absolute atomic E-state index is 13.4. The zero-order chi connectivity index (χ0) is 13.1. The largest absolute Gasteiger partial charge is 0.477 e. The molecular formula is C12H7BrFNO3. The number of rotatable bonds is 3. The summed E-state index contributed by atoms with van der Waals surface area (Å²) in [6, 6.07) is 7.04. The van der Waals surface area contributed by atoms with Gasteiger partial charge in [-0.2, -0.15) is 0 Å². The zero-order valence-corrected chi connectivity index (χ0v) is 10.5. The number of hydrogen-bond acceptors (Lipinski definition) is 3. The van der Waals surface area contributed by atoms with Gasteiger partial charge in [0.15, 0.2) is 11.6 Å². The molecule has 0 atom stereocenters. The lowest BCUT2D eigenvalue weighted by Crippen LogP contribution is -2.02. The normalized spacial score (nSPS) is 10.1. The lowest BCUT2D eigenvalue weighted by atomic mass is 10.3. The lowest BCUT2D eigenvalue weighted by molar-refractivity contribution is 0.0693. The molecule has 0 aliphatic rings. The summed E-state index contributed by atoms with van der Waals surface area (Å²) >= 11 is 3.11. The highest BCUT2D eigenvalue weighted by Gasteiger charge is 2.15. The van der Waals surface area contributed by atoms with Gasteiger partial charge in [0.1, 0.15) is 5.56 Å². The molecule has 0 amide bonds. The number of para-hydroxylation sites is 1. The van der Waals surface area contributed by atoms with Crippen LogP contribution in [0.3, 0.4) is 0 Å². The van der Waals surface area contributed by atoms with Crippen LogP contribution in [-0.2, 0) is 0 Å². The van der Waals surface area contributed by atoms with Crippen LogP contribution in [0.2, 0.25) is 0 Å². The van der Waals surface area contributed by atoms with Crippen LogP contribution in [0.1, 0.15) is 10.4 Å². The number of hydrogen-bond donors (Lipinski definition) is 1. The highest BCUT2D eigenvalue weighted by Crippen LogP contribution is 2.27. The van der Waals surface area contributed by atoms with Crippen LogP contribution in [0.5, 0.6) is 11.6 Å². The third-order valence-electron chi connectivity index (χ3n) is 2.09. The highest BCUT2D eigenvalue weighted by molar-refractivity contribution is 9.10. The number of aromatic nitrogens is 1. The van der Waals surface area contributed by atoms with Crippen LogP contribution in [-0.4, -0.2) is 16.1 Å². The van der Waals surface area contributed by atoms with Crippen molar-refractivity contribution < 1.29 is 19.0 Å². The molecule has 1 N–H and O–H groups in total. The van der Waals surface area contributed by atoms with Gasteiger partial charge in [0, 0.05) is 10.7 Å². The Balaban J connectivity index is 2.41. The number of carboxylic acid groups (broad SMARTS) is 1. The molecule has 0 saturated carbocycles. The van der Waals surface area contributed by atoms with Crippen LogP contribution in [0.4, 0.5) is 4.39 Å². The number of halogens is 2. The van der Waals surface area contributed by atoms with Crippen molar-refractivity contribution in [2.45, 2.75) is 0 Å². The molecule has 2 aromatic rings. The number of carboxylic acids is 1. The summed E-state index contributed by atoms with van der Waals surface area (Å²) in [7, 11) is 0. The van der Waals surface area contributed by atoms with Crippen molar-refractivity contribution >= 4 is 21.9 Å². The fourth-order valence-corrected chi connectivity index (χ4v) is 1.62. The monoisotopic (exact) mass is 311 g/mol. The fraction of sp³-hybridized carbons (Fsp3) is 0. The first-order valence-corrected chi connectivity index (χ1v) is 5.68. The predicted octanol–water partition coefficient (Wildman–Crippen LogP) is 3.47. The summed E-state index contributed by atoms with van der Waals surface area (Å²) in [6.07, 6.45) is 1.38. The van der Waals surface area contributed by atoms with Crippen molar-refractivity contribution in [1.82, 2.24) is 4.98 Å². The average Bonchev–Trinajstić information content (AvgIpc) is 2.34. The molecule has 1 heterocycles. The van der Waals surface area contributed by atoms with E-state index in [0.717, 1.165) is 0 Å². The number of benzene rings is 1. The predicted molar refractivity (Wildman–Crippen MR) is 65.4 cm³/mol. The smallest absolute Gasteiger partial charge is 0.341 e. The summed E-state index contributed by atoms with van der Waals surface area (Å²) in [6.45, 7) is 0. The van der Waals surface area contributed by atoms with Crippen molar-refractivity contribution in [3.05, 3.63) is 52.4 Å². The van der Waals surface area contributed by atoms with Gasteiger partial charge in [-0.05, 0) is 34.1 Å². The molecule has 1 aromatic heterocycles. The third-order valence-corrected chi connectivity index (χ3v) is 2.53. The Kier molecular flexibility index (Phi) is 3.57. The molecule has 2 rings (SSSR count). The van der Waals surface area contributed by atoms with Gasteiger partial charge in [0.25, 0.3) is 0 Å². The Morgan fingerprint density at radius 3 is 2.78 bits per heavy atom. The van der Waals surface area contributed by atoms with E-state index in [1.165, 1.54) is 30.5 Å². The fourth-order valence-electron chi connectivity index (χ4n) is 1.29. The molecule has 92 valence electrons. The topological polar surface area (TPSA) is 59.4 Å². The Morgan fingerprint density at radius 1 is 1.39 bits per heavy atom. The number of ether oxygens (including phenoxy) is 1. The SMILES string of the molecule is O=C(O)c1cc(Br)cnc1Oc1ccccc1F. The molecule has 0 unspecified atom stereocenters. The minimum absolute atomic E-state index is 0.0742. The standard InChI is InChI=1S/C12H7BrFNO3/c13-7-5-8(12(16)17)11(15-6-7)18-10-4-2-1-3-9(10)14/h1-6H,(H,16,17). The molecule has 1 aromatic carbocycles. The Bertz CT molecular complexity index is 604. The van der Waals surface area contributed by atoms with E-state index in [1.807, 2.05) is 0 Å². The Labute approximate surface area is 110 Å². The molecule has 6 heteroatoms. The molecular weight excluding hydrogens is 305 g/mol. The average molecular weight is 312 g/mol. The van der Waals surface area contributed by atoms with Gasteiger partial charge in [0.05, 0.1) is 0 Å². The van der Waals surface area contributed by atoms with Gasteiger partial charge in [-0.3, -0.25) is 0 Å². The van der Waals surface area contributed by atoms with E-state index < -0.39 is 11.8 Å². The first kappa shape index (κ1) is 12.5. The van der Waals surface area contributed by atoms with E-state index >= 15 is 0 Å². The Hall–Kier alpha value is -1.95. The number of nitrogens with zero attached hydrogens (tertiary/aromatic N) is 1. The molecule has 0 radical (unpaired) electrons. The maximum Gasteiger partial charge on any atom is 0.341 e. The van der Waals surface area contributed by atoms with Gasteiger partial charge in [0.2, 0.25) is 5.88 Å². The van der Waals surface area contributed by atoms with Gasteiger partial charge < -0.3 is 9.84 Å². The van der Waals surface area contributed by atoms with E-state index in [9.17, 15) is 9.18 Å². The second-order valence-corrected chi connectivity index (χ2v) is 4.26. The summed E-state index contributed by atoms with van der Waals surface area (Å²) in [5, 5.41) is 9.00. The molecule has 0 fully saturated rings. The van der Waals surface area contributed by atoms with E-state index in [-0.39, 0.29) is 17.2 Å². The Morgan fingerprint density at radius 2 is 2.11 bits per heavy atom. The first-order chi connectivity index (χ1) is 8.58. The molecule has 0 bridgehead atoms. The summed E-state index contributed by atoms with van der Waals surface area (Å²) in [5.74, 6) is -2.01. The third kappa shape index (κ3) is 2.65. The molecule has 0 spiro atoms. The van der Waals surface area contributed by atoms with Crippen LogP contribution in [0, 0.1) is 5.82 Å². The first-order valence-electron chi connectivity index (χ1n) is 4.89. The van der Waals surface area contributed by atoms with Crippen LogP contribution in [0.25, 0.3) is 0 Å².